The number of carboxylic acids is 1. The highest BCUT2D eigenvalue weighted by Gasteiger charge is 2.21. The Kier molecular flexibility index (Phi) is 3.81. The van der Waals surface area contributed by atoms with Gasteiger partial charge < -0.3 is 14.9 Å². The minimum Gasteiger partial charge on any atom is -0.477 e. The van der Waals surface area contributed by atoms with Gasteiger partial charge in [-0.05, 0) is 39.1 Å². The largest absolute Gasteiger partial charge is 0.477 e. The van der Waals surface area contributed by atoms with Gasteiger partial charge in [-0.15, -0.1) is 0 Å². The van der Waals surface area contributed by atoms with Crippen molar-refractivity contribution in [3.8, 4) is 0 Å². The summed E-state index contributed by atoms with van der Waals surface area (Å²) in [5, 5.41) is 8.93. The summed E-state index contributed by atoms with van der Waals surface area (Å²) < 4.78 is 0. The van der Waals surface area contributed by atoms with Gasteiger partial charge in [-0.25, -0.2) is 9.78 Å². The zero-order valence-corrected chi connectivity index (χ0v) is 10.8. The maximum absolute atomic E-state index is 10.9. The molecule has 0 saturated carbocycles. The first kappa shape index (κ1) is 12.8. The maximum Gasteiger partial charge on any atom is 0.354 e. The summed E-state index contributed by atoms with van der Waals surface area (Å²) in [6.45, 7) is 1.93. The molecule has 1 saturated heterocycles. The Morgan fingerprint density at radius 2 is 2.11 bits per heavy atom. The number of rotatable bonds is 3. The first-order chi connectivity index (χ1) is 8.58. The first-order valence-corrected chi connectivity index (χ1v) is 6.18. The predicted molar refractivity (Wildman–Crippen MR) is 70.1 cm³/mol. The van der Waals surface area contributed by atoms with Gasteiger partial charge in [-0.1, -0.05) is 0 Å². The molecule has 18 heavy (non-hydrogen) atoms. The van der Waals surface area contributed by atoms with Crippen LogP contribution in [0, 0.1) is 0 Å². The van der Waals surface area contributed by atoms with Gasteiger partial charge in [0, 0.05) is 31.0 Å². The molecule has 1 aliphatic heterocycles. The molecule has 5 heteroatoms. The summed E-state index contributed by atoms with van der Waals surface area (Å²) in [4.78, 5) is 19.2. The molecule has 1 aromatic heterocycles. The van der Waals surface area contributed by atoms with Crippen LogP contribution in [0.2, 0.25) is 0 Å². The average molecular weight is 249 g/mol. The molecule has 0 aliphatic carbocycles. The lowest BCUT2D eigenvalue weighted by Crippen LogP contribution is -2.42. The van der Waals surface area contributed by atoms with Crippen molar-refractivity contribution in [2.75, 3.05) is 32.1 Å². The molecule has 5 nitrogen and oxygen atoms in total. The highest BCUT2D eigenvalue weighted by Crippen LogP contribution is 2.21. The number of pyridine rings is 1. The summed E-state index contributed by atoms with van der Waals surface area (Å²) in [6.07, 6.45) is 3.78. The van der Waals surface area contributed by atoms with Crippen molar-refractivity contribution in [2.45, 2.75) is 18.9 Å². The van der Waals surface area contributed by atoms with Gasteiger partial charge in [0.2, 0.25) is 0 Å². The lowest BCUT2D eigenvalue weighted by atomic mass is 10.0. The monoisotopic (exact) mass is 249 g/mol. The summed E-state index contributed by atoms with van der Waals surface area (Å²) in [7, 11) is 4.21. The van der Waals surface area contributed by atoms with Crippen molar-refractivity contribution in [1.82, 2.24) is 9.88 Å². The SMILES string of the molecule is CN(C)C1CCN(c2ccnc(C(=O)O)c2)CC1. The van der Waals surface area contributed by atoms with Crippen molar-refractivity contribution in [3.63, 3.8) is 0 Å². The van der Waals surface area contributed by atoms with E-state index in [0.717, 1.165) is 31.6 Å². The summed E-state index contributed by atoms with van der Waals surface area (Å²) >= 11 is 0. The molecule has 98 valence electrons. The molecule has 1 aromatic rings. The zero-order valence-electron chi connectivity index (χ0n) is 10.8. The summed E-state index contributed by atoms with van der Waals surface area (Å²) in [5.74, 6) is -0.972. The Labute approximate surface area is 107 Å². The van der Waals surface area contributed by atoms with Gasteiger partial charge in [0.1, 0.15) is 5.69 Å². The molecule has 0 amide bonds. The van der Waals surface area contributed by atoms with Crippen LogP contribution in [0.4, 0.5) is 5.69 Å². The molecule has 1 fully saturated rings. The predicted octanol–water partition coefficient (Wildman–Crippen LogP) is 1.31. The average Bonchev–Trinajstić information content (AvgIpc) is 2.39. The van der Waals surface area contributed by atoms with E-state index in [-0.39, 0.29) is 5.69 Å². The van der Waals surface area contributed by atoms with Crippen LogP contribution in [0.15, 0.2) is 18.3 Å². The van der Waals surface area contributed by atoms with Crippen LogP contribution >= 0.6 is 0 Å². The second-order valence-corrected chi connectivity index (χ2v) is 4.89. The number of hydrogen-bond acceptors (Lipinski definition) is 4. The molecular weight excluding hydrogens is 230 g/mol. The molecule has 0 spiro atoms. The lowest BCUT2D eigenvalue weighted by molar-refractivity contribution is 0.0690. The number of carbonyl (C=O) groups is 1. The fraction of sp³-hybridized carbons (Fsp3) is 0.538. The number of anilines is 1. The van der Waals surface area contributed by atoms with Crippen LogP contribution in [0.1, 0.15) is 23.3 Å². The minimum absolute atomic E-state index is 0.113. The second kappa shape index (κ2) is 5.35. The number of aromatic carboxylic acids is 1. The highest BCUT2D eigenvalue weighted by molar-refractivity contribution is 5.86. The van der Waals surface area contributed by atoms with Crippen LogP contribution in [0.3, 0.4) is 0 Å². The van der Waals surface area contributed by atoms with E-state index in [2.05, 4.69) is 28.9 Å². The van der Waals surface area contributed by atoms with E-state index in [4.69, 9.17) is 5.11 Å². The van der Waals surface area contributed by atoms with Gasteiger partial charge in [-0.3, -0.25) is 0 Å². The quantitative estimate of drug-likeness (QED) is 0.875. The van der Waals surface area contributed by atoms with E-state index in [1.807, 2.05) is 6.07 Å². The second-order valence-electron chi connectivity index (χ2n) is 4.89. The Balaban J connectivity index is 2.05. The number of piperidine rings is 1. The molecule has 0 aromatic carbocycles. The summed E-state index contributed by atoms with van der Waals surface area (Å²) in [6, 6.07) is 4.16. The third kappa shape index (κ3) is 2.79. The van der Waals surface area contributed by atoms with E-state index < -0.39 is 5.97 Å². The van der Waals surface area contributed by atoms with Crippen LogP contribution in [0.5, 0.6) is 0 Å². The maximum atomic E-state index is 10.9. The number of nitrogens with zero attached hydrogens (tertiary/aromatic N) is 3. The molecule has 0 radical (unpaired) electrons. The molecule has 0 bridgehead atoms. The fourth-order valence-electron chi connectivity index (χ4n) is 2.37. The van der Waals surface area contributed by atoms with Crippen LogP contribution in [-0.4, -0.2) is 54.2 Å². The van der Waals surface area contributed by atoms with Gasteiger partial charge in [0.15, 0.2) is 0 Å². The van der Waals surface area contributed by atoms with E-state index in [9.17, 15) is 4.79 Å². The Bertz CT molecular complexity index is 426. The smallest absolute Gasteiger partial charge is 0.354 e. The van der Waals surface area contributed by atoms with Crippen molar-refractivity contribution < 1.29 is 9.90 Å². The van der Waals surface area contributed by atoms with E-state index in [1.165, 1.54) is 0 Å². The van der Waals surface area contributed by atoms with Gasteiger partial charge >= 0.3 is 5.97 Å². The van der Waals surface area contributed by atoms with Crippen molar-refractivity contribution >= 4 is 11.7 Å². The van der Waals surface area contributed by atoms with E-state index in [0.29, 0.717) is 6.04 Å². The Morgan fingerprint density at radius 3 is 2.67 bits per heavy atom. The van der Waals surface area contributed by atoms with Gasteiger partial charge in [0.05, 0.1) is 0 Å². The van der Waals surface area contributed by atoms with Crippen LogP contribution < -0.4 is 4.90 Å². The molecular formula is C13H19N3O2. The molecule has 1 N–H and O–H groups in total. The number of hydrogen-bond donors (Lipinski definition) is 1. The molecule has 2 heterocycles. The Morgan fingerprint density at radius 1 is 1.44 bits per heavy atom. The molecule has 0 atom stereocenters. The van der Waals surface area contributed by atoms with E-state index in [1.54, 1.807) is 12.3 Å². The standard InChI is InChI=1S/C13H19N3O2/c1-15(2)10-4-7-16(8-5-10)11-3-6-14-12(9-11)13(17)18/h3,6,9-10H,4-5,7-8H2,1-2H3,(H,17,18). The topological polar surface area (TPSA) is 56.7 Å². The summed E-state index contributed by atoms with van der Waals surface area (Å²) in [5.41, 5.74) is 1.07. The van der Waals surface area contributed by atoms with Gasteiger partial charge in [-0.2, -0.15) is 0 Å². The minimum atomic E-state index is -0.972. The lowest BCUT2D eigenvalue weighted by Gasteiger charge is -2.36. The Hall–Kier alpha value is -1.62. The van der Waals surface area contributed by atoms with Crippen molar-refractivity contribution in [3.05, 3.63) is 24.0 Å². The molecule has 1 aliphatic rings. The van der Waals surface area contributed by atoms with E-state index >= 15 is 0 Å². The highest BCUT2D eigenvalue weighted by atomic mass is 16.4. The van der Waals surface area contributed by atoms with Crippen LogP contribution in [-0.2, 0) is 0 Å². The first-order valence-electron chi connectivity index (χ1n) is 6.18. The number of carboxylic acid groups (broad SMARTS) is 1. The van der Waals surface area contributed by atoms with Crippen molar-refractivity contribution in [2.24, 2.45) is 0 Å². The fourth-order valence-corrected chi connectivity index (χ4v) is 2.37. The normalized spacial score (nSPS) is 17.2. The zero-order chi connectivity index (χ0) is 13.1. The molecule has 0 unspecified atom stereocenters. The number of aromatic nitrogens is 1. The van der Waals surface area contributed by atoms with Gasteiger partial charge in [0.25, 0.3) is 0 Å². The third-order valence-corrected chi connectivity index (χ3v) is 3.52. The third-order valence-electron chi connectivity index (χ3n) is 3.52. The molecule has 2 rings (SSSR count). The van der Waals surface area contributed by atoms with Crippen LogP contribution in [0.25, 0.3) is 0 Å². The van der Waals surface area contributed by atoms with Crippen molar-refractivity contribution in [1.29, 1.82) is 0 Å².